The van der Waals surface area contributed by atoms with Crippen molar-refractivity contribution < 1.29 is 13.9 Å². The van der Waals surface area contributed by atoms with Crippen LogP contribution in [0, 0.1) is 19.7 Å². The van der Waals surface area contributed by atoms with Crippen LogP contribution in [-0.4, -0.2) is 12.9 Å². The van der Waals surface area contributed by atoms with E-state index < -0.39 is 5.82 Å². The molecule has 0 saturated carbocycles. The van der Waals surface area contributed by atoms with Gasteiger partial charge in [0.2, 0.25) is 0 Å². The number of allylic oxidation sites excluding steroid dienone is 1. The van der Waals surface area contributed by atoms with Crippen LogP contribution in [0.5, 0.6) is 5.75 Å². The average Bonchev–Trinajstić information content (AvgIpc) is 2.75. The van der Waals surface area contributed by atoms with E-state index in [9.17, 15) is 9.18 Å². The molecule has 0 aliphatic rings. The first kappa shape index (κ1) is 14.5. The molecule has 0 atom stereocenters. The Bertz CT molecular complexity index is 671. The maximum absolute atomic E-state index is 13.5. The summed E-state index contributed by atoms with van der Waals surface area (Å²) < 4.78 is 18.4. The highest BCUT2D eigenvalue weighted by atomic mass is 32.1. The van der Waals surface area contributed by atoms with Crippen molar-refractivity contribution in [3.8, 4) is 5.75 Å². The Hall–Kier alpha value is -1.94. The van der Waals surface area contributed by atoms with E-state index in [1.807, 2.05) is 19.9 Å². The number of benzene rings is 1. The largest absolute Gasteiger partial charge is 0.494 e. The lowest BCUT2D eigenvalue weighted by Crippen LogP contribution is -1.93. The van der Waals surface area contributed by atoms with Gasteiger partial charge in [0, 0.05) is 15.3 Å². The number of ketones is 1. The summed E-state index contributed by atoms with van der Waals surface area (Å²) in [4.78, 5) is 14.2. The molecule has 0 bridgehead atoms. The maximum atomic E-state index is 13.5. The summed E-state index contributed by atoms with van der Waals surface area (Å²) in [7, 11) is 1.42. The molecule has 1 aromatic heterocycles. The molecule has 0 saturated heterocycles. The second kappa shape index (κ2) is 6.01. The number of hydrogen-bond donors (Lipinski definition) is 0. The van der Waals surface area contributed by atoms with Crippen LogP contribution in [0.25, 0.3) is 6.08 Å². The van der Waals surface area contributed by atoms with Crippen molar-refractivity contribution in [3.05, 3.63) is 57.0 Å². The lowest BCUT2D eigenvalue weighted by molar-refractivity contribution is 0.104. The summed E-state index contributed by atoms with van der Waals surface area (Å²) in [6.07, 6.45) is 3.08. The van der Waals surface area contributed by atoms with E-state index in [2.05, 4.69) is 0 Å². The molecule has 2 aromatic rings. The molecule has 0 amide bonds. The second-order valence-electron chi connectivity index (χ2n) is 4.42. The Morgan fingerprint density at radius 1 is 1.30 bits per heavy atom. The lowest BCUT2D eigenvalue weighted by Gasteiger charge is -2.01. The van der Waals surface area contributed by atoms with Crippen molar-refractivity contribution in [2.45, 2.75) is 13.8 Å². The number of ether oxygens (including phenoxy) is 1. The summed E-state index contributed by atoms with van der Waals surface area (Å²) in [5.41, 5.74) is 1.33. The fourth-order valence-corrected chi connectivity index (χ4v) is 2.85. The summed E-state index contributed by atoms with van der Waals surface area (Å²) in [5.74, 6) is -0.314. The third-order valence-electron chi connectivity index (χ3n) is 2.91. The number of rotatable bonds is 4. The Balaban J connectivity index is 2.19. The molecule has 1 aromatic carbocycles. The van der Waals surface area contributed by atoms with E-state index in [0.717, 1.165) is 9.75 Å². The molecule has 2 nitrogen and oxygen atoms in total. The van der Waals surface area contributed by atoms with Crippen LogP contribution in [-0.2, 0) is 0 Å². The van der Waals surface area contributed by atoms with Crippen LogP contribution < -0.4 is 4.74 Å². The molecule has 1 heterocycles. The van der Waals surface area contributed by atoms with E-state index in [1.54, 1.807) is 29.5 Å². The van der Waals surface area contributed by atoms with Crippen molar-refractivity contribution >= 4 is 23.2 Å². The molecular formula is C16H15FO2S. The van der Waals surface area contributed by atoms with Gasteiger partial charge in [-0.3, -0.25) is 4.79 Å². The van der Waals surface area contributed by atoms with Crippen molar-refractivity contribution in [2.75, 3.05) is 7.11 Å². The van der Waals surface area contributed by atoms with E-state index in [4.69, 9.17) is 4.74 Å². The fourth-order valence-electron chi connectivity index (χ4n) is 1.92. The topological polar surface area (TPSA) is 26.3 Å². The van der Waals surface area contributed by atoms with Gasteiger partial charge in [0.15, 0.2) is 17.3 Å². The SMILES string of the molecule is COc1ccc(/C=C/C(=O)c2cc(C)sc2C)cc1F. The Morgan fingerprint density at radius 2 is 2.05 bits per heavy atom. The van der Waals surface area contributed by atoms with Gasteiger partial charge in [-0.15, -0.1) is 11.3 Å². The number of halogens is 1. The lowest BCUT2D eigenvalue weighted by atomic mass is 10.1. The standard InChI is InChI=1S/C16H15FO2S/c1-10-8-13(11(2)20-10)15(18)6-4-12-5-7-16(19-3)14(17)9-12/h4-9H,1-3H3/b6-4+. The number of methoxy groups -OCH3 is 1. The first-order valence-corrected chi connectivity index (χ1v) is 6.96. The number of thiophene rings is 1. The van der Waals surface area contributed by atoms with Crippen LogP contribution in [0.4, 0.5) is 4.39 Å². The normalized spacial score (nSPS) is 11.0. The van der Waals surface area contributed by atoms with Crippen LogP contribution >= 0.6 is 11.3 Å². The number of carbonyl (C=O) groups excluding carboxylic acids is 1. The van der Waals surface area contributed by atoms with Crippen LogP contribution in [0.2, 0.25) is 0 Å². The van der Waals surface area contributed by atoms with E-state index in [0.29, 0.717) is 11.1 Å². The second-order valence-corrected chi connectivity index (χ2v) is 5.88. The molecule has 20 heavy (non-hydrogen) atoms. The van der Waals surface area contributed by atoms with Crippen molar-refractivity contribution in [3.63, 3.8) is 0 Å². The van der Waals surface area contributed by atoms with E-state index >= 15 is 0 Å². The average molecular weight is 290 g/mol. The molecular weight excluding hydrogens is 275 g/mol. The van der Waals surface area contributed by atoms with Gasteiger partial charge in [0.05, 0.1) is 7.11 Å². The predicted molar refractivity (Wildman–Crippen MR) is 80.1 cm³/mol. The minimum Gasteiger partial charge on any atom is -0.494 e. The highest BCUT2D eigenvalue weighted by Gasteiger charge is 2.09. The molecule has 104 valence electrons. The van der Waals surface area contributed by atoms with Gasteiger partial charge in [-0.05, 0) is 43.7 Å². The molecule has 0 unspecified atom stereocenters. The zero-order valence-electron chi connectivity index (χ0n) is 11.6. The van der Waals surface area contributed by atoms with Crippen molar-refractivity contribution in [1.82, 2.24) is 0 Å². The molecule has 0 aliphatic carbocycles. The van der Waals surface area contributed by atoms with E-state index in [-0.39, 0.29) is 11.5 Å². The minimum atomic E-state index is -0.440. The highest BCUT2D eigenvalue weighted by molar-refractivity contribution is 7.12. The van der Waals surface area contributed by atoms with Crippen molar-refractivity contribution in [2.24, 2.45) is 0 Å². The highest BCUT2D eigenvalue weighted by Crippen LogP contribution is 2.22. The molecule has 2 rings (SSSR count). The van der Waals surface area contributed by atoms with Gasteiger partial charge < -0.3 is 4.74 Å². The monoisotopic (exact) mass is 290 g/mol. The van der Waals surface area contributed by atoms with Gasteiger partial charge in [-0.1, -0.05) is 12.1 Å². The smallest absolute Gasteiger partial charge is 0.186 e. The van der Waals surface area contributed by atoms with Crippen LogP contribution in [0.15, 0.2) is 30.3 Å². The minimum absolute atomic E-state index is 0.0666. The number of hydrogen-bond acceptors (Lipinski definition) is 3. The summed E-state index contributed by atoms with van der Waals surface area (Å²) in [6.45, 7) is 3.89. The number of aryl methyl sites for hydroxylation is 2. The zero-order valence-corrected chi connectivity index (χ0v) is 12.4. The first-order chi connectivity index (χ1) is 9.51. The van der Waals surface area contributed by atoms with Crippen LogP contribution in [0.3, 0.4) is 0 Å². The molecule has 4 heteroatoms. The van der Waals surface area contributed by atoms with Gasteiger partial charge in [-0.25, -0.2) is 4.39 Å². The summed E-state index contributed by atoms with van der Waals surface area (Å²) in [6, 6.07) is 6.46. The maximum Gasteiger partial charge on any atom is 0.186 e. The molecule has 0 fully saturated rings. The zero-order chi connectivity index (χ0) is 14.7. The molecule has 0 radical (unpaired) electrons. The Kier molecular flexibility index (Phi) is 4.35. The molecule has 0 spiro atoms. The van der Waals surface area contributed by atoms with Gasteiger partial charge >= 0.3 is 0 Å². The van der Waals surface area contributed by atoms with Crippen LogP contribution in [0.1, 0.15) is 25.7 Å². The third kappa shape index (κ3) is 3.14. The van der Waals surface area contributed by atoms with Gasteiger partial charge in [0.25, 0.3) is 0 Å². The summed E-state index contributed by atoms with van der Waals surface area (Å²) in [5, 5.41) is 0. The summed E-state index contributed by atoms with van der Waals surface area (Å²) >= 11 is 1.60. The van der Waals surface area contributed by atoms with Crippen molar-refractivity contribution in [1.29, 1.82) is 0 Å². The van der Waals surface area contributed by atoms with Gasteiger partial charge in [-0.2, -0.15) is 0 Å². The van der Waals surface area contributed by atoms with E-state index in [1.165, 1.54) is 19.3 Å². The quantitative estimate of drug-likeness (QED) is 0.616. The van der Waals surface area contributed by atoms with Gasteiger partial charge in [0.1, 0.15) is 0 Å². The third-order valence-corrected chi connectivity index (χ3v) is 3.88. The number of carbonyl (C=O) groups is 1. The molecule has 0 N–H and O–H groups in total. The Labute approximate surface area is 121 Å². The fraction of sp³-hybridized carbons (Fsp3) is 0.188. The Morgan fingerprint density at radius 3 is 2.60 bits per heavy atom. The first-order valence-electron chi connectivity index (χ1n) is 6.14. The molecule has 0 aliphatic heterocycles. The predicted octanol–water partition coefficient (Wildman–Crippen LogP) is 4.41.